The van der Waals surface area contributed by atoms with Crippen LogP contribution in [0.25, 0.3) is 0 Å². The zero-order valence-corrected chi connectivity index (χ0v) is 11.6. The molecule has 1 aromatic rings. The number of benzene rings is 1. The van der Waals surface area contributed by atoms with Crippen LogP contribution < -0.4 is 10.2 Å². The molecule has 1 saturated heterocycles. The average Bonchev–Trinajstić information content (AvgIpc) is 2.78. The molecule has 0 unspecified atom stereocenters. The highest BCUT2D eigenvalue weighted by molar-refractivity contribution is 6.62. The third kappa shape index (κ3) is 1.88. The second kappa shape index (κ2) is 3.84. The van der Waals surface area contributed by atoms with Crippen LogP contribution in [0.4, 0.5) is 0 Å². The maximum Gasteiger partial charge on any atom is 0.494 e. The Morgan fingerprint density at radius 3 is 2.37 bits per heavy atom. The van der Waals surface area contributed by atoms with E-state index in [4.69, 9.17) is 14.0 Å². The van der Waals surface area contributed by atoms with Crippen molar-refractivity contribution in [3.05, 3.63) is 23.8 Å². The zero-order chi connectivity index (χ0) is 13.8. The van der Waals surface area contributed by atoms with Crippen LogP contribution in [0.2, 0.25) is 0 Å². The van der Waals surface area contributed by atoms with E-state index in [1.165, 1.54) is 0 Å². The van der Waals surface area contributed by atoms with E-state index >= 15 is 0 Å². The lowest BCUT2D eigenvalue weighted by Crippen LogP contribution is -2.41. The molecule has 0 bridgehead atoms. The summed E-state index contributed by atoms with van der Waals surface area (Å²) in [6.07, 6.45) is 0. The van der Waals surface area contributed by atoms with Gasteiger partial charge >= 0.3 is 7.12 Å². The number of fused-ring (bicyclic) bond motifs is 1. The van der Waals surface area contributed by atoms with Gasteiger partial charge in [-0.1, -0.05) is 6.07 Å². The summed E-state index contributed by atoms with van der Waals surface area (Å²) in [6.45, 7) is 8.16. The van der Waals surface area contributed by atoms with E-state index in [1.54, 1.807) is 6.07 Å². The Bertz CT molecular complexity index is 534. The summed E-state index contributed by atoms with van der Waals surface area (Å²) in [5, 5.41) is 0. The summed E-state index contributed by atoms with van der Waals surface area (Å²) < 4.78 is 17.2. The first kappa shape index (κ1) is 12.7. The number of Topliss-reactive ketones (excluding diaryl/α,β-unsaturated/α-hetero) is 1. The maximum atomic E-state index is 11.7. The minimum Gasteiger partial charge on any atom is -0.485 e. The van der Waals surface area contributed by atoms with Crippen molar-refractivity contribution in [1.29, 1.82) is 0 Å². The van der Waals surface area contributed by atoms with E-state index in [1.807, 2.05) is 39.8 Å². The average molecular weight is 260 g/mol. The molecule has 0 N–H and O–H groups in total. The molecule has 0 aliphatic carbocycles. The first-order valence-electron chi connectivity index (χ1n) is 6.46. The predicted molar refractivity (Wildman–Crippen MR) is 72.0 cm³/mol. The fraction of sp³-hybridized carbons (Fsp3) is 0.500. The van der Waals surface area contributed by atoms with Gasteiger partial charge in [-0.2, -0.15) is 0 Å². The molecule has 0 radical (unpaired) electrons. The van der Waals surface area contributed by atoms with Crippen LogP contribution >= 0.6 is 0 Å². The van der Waals surface area contributed by atoms with Crippen LogP contribution in [0.3, 0.4) is 0 Å². The Labute approximate surface area is 113 Å². The van der Waals surface area contributed by atoms with Crippen molar-refractivity contribution in [3.8, 4) is 5.75 Å². The number of hydrogen-bond donors (Lipinski definition) is 0. The largest absolute Gasteiger partial charge is 0.494 e. The third-order valence-corrected chi connectivity index (χ3v) is 4.19. The lowest BCUT2D eigenvalue weighted by atomic mass is 9.78. The first-order chi connectivity index (χ1) is 8.80. The van der Waals surface area contributed by atoms with Gasteiger partial charge in [0.05, 0.1) is 16.8 Å². The van der Waals surface area contributed by atoms with Gasteiger partial charge in [-0.3, -0.25) is 4.79 Å². The van der Waals surface area contributed by atoms with Crippen LogP contribution in [-0.2, 0) is 9.31 Å². The third-order valence-electron chi connectivity index (χ3n) is 4.19. The summed E-state index contributed by atoms with van der Waals surface area (Å²) in [5.41, 5.74) is 0.720. The Kier molecular flexibility index (Phi) is 2.56. The molecule has 100 valence electrons. The Hall–Kier alpha value is -1.33. The van der Waals surface area contributed by atoms with Gasteiger partial charge in [-0.05, 0) is 45.3 Å². The Morgan fingerprint density at radius 2 is 1.74 bits per heavy atom. The van der Waals surface area contributed by atoms with Gasteiger partial charge in [0, 0.05) is 0 Å². The molecule has 0 spiro atoms. The molecule has 0 atom stereocenters. The van der Waals surface area contributed by atoms with Crippen LogP contribution in [0, 0.1) is 0 Å². The van der Waals surface area contributed by atoms with Gasteiger partial charge in [-0.25, -0.2) is 0 Å². The molecule has 2 heterocycles. The fourth-order valence-electron chi connectivity index (χ4n) is 2.24. The molecule has 0 amide bonds. The molecule has 2 aliphatic rings. The summed E-state index contributed by atoms with van der Waals surface area (Å²) in [4.78, 5) is 11.7. The molecular weight excluding hydrogens is 243 g/mol. The molecule has 5 heteroatoms. The number of hydrogen-bond acceptors (Lipinski definition) is 4. The van der Waals surface area contributed by atoms with Crippen LogP contribution in [-0.4, -0.2) is 30.7 Å². The molecule has 0 aromatic heterocycles. The number of ketones is 1. The van der Waals surface area contributed by atoms with Crippen molar-refractivity contribution < 1.29 is 18.8 Å². The molecule has 4 nitrogen and oxygen atoms in total. The molecule has 19 heavy (non-hydrogen) atoms. The molecule has 1 fully saturated rings. The first-order valence-corrected chi connectivity index (χ1v) is 6.46. The molecule has 1 aromatic carbocycles. The van der Waals surface area contributed by atoms with E-state index in [0.29, 0.717) is 11.3 Å². The van der Waals surface area contributed by atoms with E-state index in [2.05, 4.69) is 0 Å². The van der Waals surface area contributed by atoms with E-state index in [9.17, 15) is 4.79 Å². The lowest BCUT2D eigenvalue weighted by Gasteiger charge is -2.32. The van der Waals surface area contributed by atoms with Gasteiger partial charge in [0.15, 0.2) is 6.61 Å². The summed E-state index contributed by atoms with van der Waals surface area (Å²) in [6, 6.07) is 5.51. The topological polar surface area (TPSA) is 44.8 Å². The number of carbonyl (C=O) groups is 1. The van der Waals surface area contributed by atoms with Crippen LogP contribution in [0.1, 0.15) is 38.1 Å². The Balaban J connectivity index is 1.93. The van der Waals surface area contributed by atoms with Crippen molar-refractivity contribution in [2.75, 3.05) is 6.61 Å². The molecule has 0 saturated carbocycles. The molecule has 2 aliphatic heterocycles. The van der Waals surface area contributed by atoms with Gasteiger partial charge in [0.25, 0.3) is 0 Å². The number of ether oxygens (including phenoxy) is 1. The zero-order valence-electron chi connectivity index (χ0n) is 11.6. The highest BCUT2D eigenvalue weighted by Crippen LogP contribution is 2.36. The number of rotatable bonds is 1. The van der Waals surface area contributed by atoms with Gasteiger partial charge in [0.1, 0.15) is 5.75 Å². The minimum atomic E-state index is -0.441. The monoisotopic (exact) mass is 260 g/mol. The van der Waals surface area contributed by atoms with E-state index in [0.717, 1.165) is 5.46 Å². The Morgan fingerprint density at radius 1 is 1.11 bits per heavy atom. The highest BCUT2D eigenvalue weighted by atomic mass is 16.7. The second-order valence-electron chi connectivity index (χ2n) is 6.06. The van der Waals surface area contributed by atoms with Crippen LogP contribution in [0.5, 0.6) is 5.75 Å². The number of carbonyl (C=O) groups excluding carboxylic acids is 1. The summed E-state index contributed by atoms with van der Waals surface area (Å²) in [7, 11) is -0.441. The standard InChI is InChI=1S/C14H17BO4/c1-13(2)14(3,4)19-15(18-13)9-5-6-12-10(7-9)11(16)8-17-12/h5-7H,8H2,1-4H3. The predicted octanol–water partition coefficient (Wildman–Crippen LogP) is 1.56. The normalized spacial score (nSPS) is 23.4. The van der Waals surface area contributed by atoms with Crippen molar-refractivity contribution in [2.45, 2.75) is 38.9 Å². The quantitative estimate of drug-likeness (QED) is 0.719. The SMILES string of the molecule is CC1(C)OB(c2ccc3c(c2)C(=O)CO3)OC1(C)C. The second-order valence-corrected chi connectivity index (χ2v) is 6.06. The van der Waals surface area contributed by atoms with E-state index < -0.39 is 7.12 Å². The van der Waals surface area contributed by atoms with Gasteiger partial charge in [-0.15, -0.1) is 0 Å². The van der Waals surface area contributed by atoms with Crippen molar-refractivity contribution in [1.82, 2.24) is 0 Å². The summed E-state index contributed by atoms with van der Waals surface area (Å²) in [5.74, 6) is 0.652. The molecular formula is C14H17BO4. The summed E-state index contributed by atoms with van der Waals surface area (Å²) >= 11 is 0. The highest BCUT2D eigenvalue weighted by Gasteiger charge is 2.51. The smallest absolute Gasteiger partial charge is 0.485 e. The van der Waals surface area contributed by atoms with Crippen molar-refractivity contribution in [2.24, 2.45) is 0 Å². The van der Waals surface area contributed by atoms with Crippen molar-refractivity contribution >= 4 is 18.4 Å². The van der Waals surface area contributed by atoms with Crippen molar-refractivity contribution in [3.63, 3.8) is 0 Å². The molecule has 3 rings (SSSR count). The lowest BCUT2D eigenvalue weighted by molar-refractivity contribution is 0.00578. The maximum absolute atomic E-state index is 11.7. The minimum absolute atomic E-state index is 0.00775. The van der Waals surface area contributed by atoms with Gasteiger partial charge in [0.2, 0.25) is 5.78 Å². The van der Waals surface area contributed by atoms with E-state index in [-0.39, 0.29) is 23.6 Å². The fourth-order valence-corrected chi connectivity index (χ4v) is 2.24. The van der Waals surface area contributed by atoms with Gasteiger partial charge < -0.3 is 14.0 Å². The van der Waals surface area contributed by atoms with Crippen LogP contribution in [0.15, 0.2) is 18.2 Å².